The normalized spacial score (nSPS) is 12.4. The zero-order chi connectivity index (χ0) is 13.1. The van der Waals surface area contributed by atoms with Crippen LogP contribution in [0.3, 0.4) is 0 Å². The van der Waals surface area contributed by atoms with E-state index in [9.17, 15) is 18.0 Å². The minimum absolute atomic E-state index is 0.186. The van der Waals surface area contributed by atoms with E-state index in [1.807, 2.05) is 0 Å². The molecule has 0 aliphatic heterocycles. The van der Waals surface area contributed by atoms with Gasteiger partial charge in [-0.1, -0.05) is 0 Å². The molecule has 0 bridgehead atoms. The Bertz CT molecular complexity index is 431. The Kier molecular flexibility index (Phi) is 3.77. The molecule has 0 unspecified atom stereocenters. The Morgan fingerprint density at radius 2 is 1.82 bits per heavy atom. The van der Waals surface area contributed by atoms with Crippen LogP contribution in [0.15, 0.2) is 36.1 Å². The molecule has 92 valence electrons. The largest absolute Gasteiger partial charge is 0.512 e. The first-order valence-corrected chi connectivity index (χ1v) is 4.64. The van der Waals surface area contributed by atoms with Gasteiger partial charge in [0.25, 0.3) is 5.91 Å². The number of rotatable bonds is 2. The quantitative estimate of drug-likeness (QED) is 0.621. The SMILES string of the molecule is C/C(O)=C/C(=O)Nc1ccc(C(F)(F)F)cc1. The highest BCUT2D eigenvalue weighted by atomic mass is 19.4. The summed E-state index contributed by atoms with van der Waals surface area (Å²) in [5.41, 5.74) is -0.565. The zero-order valence-electron chi connectivity index (χ0n) is 8.88. The molecule has 1 rings (SSSR count). The molecule has 0 aliphatic rings. The summed E-state index contributed by atoms with van der Waals surface area (Å²) in [5.74, 6) is -0.792. The molecule has 1 aromatic rings. The van der Waals surface area contributed by atoms with E-state index >= 15 is 0 Å². The fourth-order valence-corrected chi connectivity index (χ4v) is 1.11. The number of hydrogen-bond donors (Lipinski definition) is 2. The van der Waals surface area contributed by atoms with Gasteiger partial charge in [-0.3, -0.25) is 4.79 Å². The van der Waals surface area contributed by atoms with Gasteiger partial charge in [0.05, 0.1) is 11.3 Å². The Balaban J connectivity index is 2.76. The molecule has 3 nitrogen and oxygen atoms in total. The van der Waals surface area contributed by atoms with Crippen LogP contribution in [0.25, 0.3) is 0 Å². The molecule has 0 saturated carbocycles. The number of amides is 1. The van der Waals surface area contributed by atoms with Crippen molar-refractivity contribution in [1.29, 1.82) is 0 Å². The number of alkyl halides is 3. The maximum absolute atomic E-state index is 12.2. The first-order valence-electron chi connectivity index (χ1n) is 4.64. The van der Waals surface area contributed by atoms with Gasteiger partial charge in [-0.2, -0.15) is 13.2 Å². The molecule has 2 N–H and O–H groups in total. The van der Waals surface area contributed by atoms with Gasteiger partial charge in [0.15, 0.2) is 0 Å². The predicted octanol–water partition coefficient (Wildman–Crippen LogP) is 3.11. The second-order valence-corrected chi connectivity index (χ2v) is 3.35. The summed E-state index contributed by atoms with van der Waals surface area (Å²) in [4.78, 5) is 11.1. The lowest BCUT2D eigenvalue weighted by Gasteiger charge is -2.07. The number of aliphatic hydroxyl groups excluding tert-OH is 1. The molecule has 1 aromatic carbocycles. The lowest BCUT2D eigenvalue weighted by molar-refractivity contribution is -0.137. The lowest BCUT2D eigenvalue weighted by Crippen LogP contribution is -2.09. The molecule has 1 amide bonds. The molecule has 0 saturated heterocycles. The number of nitrogens with one attached hydrogen (secondary N) is 1. The average molecular weight is 245 g/mol. The Labute approximate surface area is 95.6 Å². The molecule has 6 heteroatoms. The molecule has 17 heavy (non-hydrogen) atoms. The van der Waals surface area contributed by atoms with Crippen molar-refractivity contribution in [2.45, 2.75) is 13.1 Å². The smallest absolute Gasteiger partial charge is 0.416 e. The van der Waals surface area contributed by atoms with E-state index in [1.165, 1.54) is 6.92 Å². The number of allylic oxidation sites excluding steroid dienone is 1. The van der Waals surface area contributed by atoms with E-state index in [-0.39, 0.29) is 11.4 Å². The van der Waals surface area contributed by atoms with E-state index in [1.54, 1.807) is 0 Å². The second kappa shape index (κ2) is 4.90. The van der Waals surface area contributed by atoms with E-state index in [0.29, 0.717) is 0 Å². The van der Waals surface area contributed by atoms with Crippen LogP contribution in [-0.2, 0) is 11.0 Å². The standard InChI is InChI=1S/C11H10F3NO2/c1-7(16)6-10(17)15-9-4-2-8(3-5-9)11(12,13)14/h2-6,16H,1H3,(H,15,17)/b7-6-. The van der Waals surface area contributed by atoms with Crippen LogP contribution < -0.4 is 5.32 Å². The summed E-state index contributed by atoms with van der Waals surface area (Å²) in [6, 6.07) is 4.01. The van der Waals surface area contributed by atoms with Crippen LogP contribution in [0.4, 0.5) is 18.9 Å². The summed E-state index contributed by atoms with van der Waals surface area (Å²) in [6.07, 6.45) is -3.47. The van der Waals surface area contributed by atoms with Crippen LogP contribution in [0.1, 0.15) is 12.5 Å². The van der Waals surface area contributed by atoms with E-state index in [0.717, 1.165) is 30.3 Å². The molecule has 0 aliphatic carbocycles. The van der Waals surface area contributed by atoms with Gasteiger partial charge in [0, 0.05) is 11.8 Å². The van der Waals surface area contributed by atoms with Crippen LogP contribution in [-0.4, -0.2) is 11.0 Å². The van der Waals surface area contributed by atoms with E-state index < -0.39 is 17.6 Å². The third-order valence-corrected chi connectivity index (χ3v) is 1.82. The van der Waals surface area contributed by atoms with Crippen molar-refractivity contribution in [1.82, 2.24) is 0 Å². The van der Waals surface area contributed by atoms with Crippen LogP contribution in [0, 0.1) is 0 Å². The molecule has 0 spiro atoms. The van der Waals surface area contributed by atoms with Gasteiger partial charge in [-0.15, -0.1) is 0 Å². The second-order valence-electron chi connectivity index (χ2n) is 3.35. The van der Waals surface area contributed by atoms with Crippen molar-refractivity contribution in [3.05, 3.63) is 41.7 Å². The maximum Gasteiger partial charge on any atom is 0.416 e. The predicted molar refractivity (Wildman–Crippen MR) is 56.5 cm³/mol. The van der Waals surface area contributed by atoms with Crippen molar-refractivity contribution in [3.63, 3.8) is 0 Å². The third-order valence-electron chi connectivity index (χ3n) is 1.82. The maximum atomic E-state index is 12.2. The first-order chi connectivity index (χ1) is 7.79. The molecule has 0 aromatic heterocycles. The number of anilines is 1. The molecule has 0 radical (unpaired) electrons. The monoisotopic (exact) mass is 245 g/mol. The van der Waals surface area contributed by atoms with E-state index in [4.69, 9.17) is 5.11 Å². The van der Waals surface area contributed by atoms with Crippen LogP contribution in [0.5, 0.6) is 0 Å². The fourth-order valence-electron chi connectivity index (χ4n) is 1.11. The van der Waals surface area contributed by atoms with Gasteiger partial charge >= 0.3 is 6.18 Å². The van der Waals surface area contributed by atoms with Crippen LogP contribution >= 0.6 is 0 Å². The Morgan fingerprint density at radius 3 is 2.24 bits per heavy atom. The van der Waals surface area contributed by atoms with Gasteiger partial charge < -0.3 is 10.4 Å². The van der Waals surface area contributed by atoms with Gasteiger partial charge in [0.1, 0.15) is 0 Å². The molecule has 0 heterocycles. The number of carbonyl (C=O) groups is 1. The number of halogens is 3. The van der Waals surface area contributed by atoms with E-state index in [2.05, 4.69) is 5.32 Å². The van der Waals surface area contributed by atoms with Crippen molar-refractivity contribution >= 4 is 11.6 Å². The summed E-state index contributed by atoms with van der Waals surface area (Å²) in [6.45, 7) is 1.31. The minimum atomic E-state index is -4.40. The minimum Gasteiger partial charge on any atom is -0.512 e. The molecule has 0 fully saturated rings. The average Bonchev–Trinajstić information content (AvgIpc) is 2.15. The first kappa shape index (κ1) is 13.1. The summed E-state index contributed by atoms with van der Waals surface area (Å²) in [7, 11) is 0. The Morgan fingerprint density at radius 1 is 1.29 bits per heavy atom. The number of carbonyl (C=O) groups excluding carboxylic acids is 1. The molecular formula is C11H10F3NO2. The van der Waals surface area contributed by atoms with Crippen LogP contribution in [0.2, 0.25) is 0 Å². The number of benzene rings is 1. The van der Waals surface area contributed by atoms with Crippen molar-refractivity contribution in [3.8, 4) is 0 Å². The van der Waals surface area contributed by atoms with Gasteiger partial charge in [0.2, 0.25) is 0 Å². The zero-order valence-corrected chi connectivity index (χ0v) is 8.88. The summed E-state index contributed by atoms with van der Waals surface area (Å²) in [5, 5.41) is 11.1. The molecular weight excluding hydrogens is 235 g/mol. The summed E-state index contributed by atoms with van der Waals surface area (Å²) >= 11 is 0. The number of hydrogen-bond acceptors (Lipinski definition) is 2. The fraction of sp³-hybridized carbons (Fsp3) is 0.182. The van der Waals surface area contributed by atoms with Gasteiger partial charge in [-0.05, 0) is 31.2 Å². The van der Waals surface area contributed by atoms with Gasteiger partial charge in [-0.25, -0.2) is 0 Å². The van der Waals surface area contributed by atoms with Crippen molar-refractivity contribution < 1.29 is 23.1 Å². The number of aliphatic hydroxyl groups is 1. The highest BCUT2D eigenvalue weighted by Crippen LogP contribution is 2.29. The third kappa shape index (κ3) is 4.18. The highest BCUT2D eigenvalue weighted by Gasteiger charge is 2.29. The Hall–Kier alpha value is -1.98. The topological polar surface area (TPSA) is 49.3 Å². The van der Waals surface area contributed by atoms with Crippen molar-refractivity contribution in [2.75, 3.05) is 5.32 Å². The highest BCUT2D eigenvalue weighted by molar-refractivity contribution is 5.99. The summed E-state index contributed by atoms with van der Waals surface area (Å²) < 4.78 is 36.7. The van der Waals surface area contributed by atoms with Crippen molar-refractivity contribution in [2.24, 2.45) is 0 Å². The lowest BCUT2D eigenvalue weighted by atomic mass is 10.2. The molecule has 0 atom stereocenters.